The first kappa shape index (κ1) is 31.6. The maximum absolute atomic E-state index is 13.1. The Hall–Kier alpha value is -0.450. The van der Waals surface area contributed by atoms with Crippen molar-refractivity contribution in [1.82, 2.24) is 0 Å². The first-order chi connectivity index (χ1) is 15.6. The Morgan fingerprint density at radius 3 is 1.09 bits per heavy atom. The predicted molar refractivity (Wildman–Crippen MR) is 136 cm³/mol. The van der Waals surface area contributed by atoms with E-state index < -0.39 is 25.2 Å². The molecule has 0 saturated carbocycles. The SMILES string of the molecule is CCCCCCCCCCCCC(CCCCCCCCCC)C(=O)C(CO)(CO)CO. The Morgan fingerprint density at radius 1 is 0.531 bits per heavy atom. The first-order valence-electron chi connectivity index (χ1n) is 14.0. The van der Waals surface area contributed by atoms with E-state index in [9.17, 15) is 20.1 Å². The van der Waals surface area contributed by atoms with Crippen molar-refractivity contribution in [3.8, 4) is 0 Å². The fraction of sp³-hybridized carbons (Fsp3) is 0.964. The molecule has 0 aromatic rings. The minimum atomic E-state index is -1.39. The number of unbranched alkanes of at least 4 members (excludes halogenated alkanes) is 16. The lowest BCUT2D eigenvalue weighted by Crippen LogP contribution is -2.45. The Kier molecular flexibility index (Phi) is 22.0. The standard InChI is InChI=1S/C28H56O4/c1-3-5-7-9-11-13-14-16-18-20-22-26(27(32)28(23-29,24-30)25-31)21-19-17-15-12-10-8-6-4-2/h26,29-31H,3-25H2,1-2H3. The van der Waals surface area contributed by atoms with Crippen LogP contribution < -0.4 is 0 Å². The molecule has 0 bridgehead atoms. The Bertz CT molecular complexity index is 398. The van der Waals surface area contributed by atoms with Gasteiger partial charge >= 0.3 is 0 Å². The monoisotopic (exact) mass is 456 g/mol. The lowest BCUT2D eigenvalue weighted by atomic mass is 9.76. The van der Waals surface area contributed by atoms with E-state index in [2.05, 4.69) is 13.8 Å². The number of Topliss-reactive ketones (excluding diaryl/α,β-unsaturated/α-hetero) is 1. The van der Waals surface area contributed by atoms with Crippen LogP contribution in [-0.2, 0) is 4.79 Å². The van der Waals surface area contributed by atoms with E-state index in [-0.39, 0.29) is 11.7 Å². The van der Waals surface area contributed by atoms with Gasteiger partial charge in [0.25, 0.3) is 0 Å². The molecule has 0 radical (unpaired) electrons. The van der Waals surface area contributed by atoms with E-state index in [1.807, 2.05) is 0 Å². The quantitative estimate of drug-likeness (QED) is 0.130. The fourth-order valence-corrected chi connectivity index (χ4v) is 4.63. The van der Waals surface area contributed by atoms with Crippen LogP contribution in [0.2, 0.25) is 0 Å². The Balaban J connectivity index is 4.33. The average molecular weight is 457 g/mol. The van der Waals surface area contributed by atoms with Crippen molar-refractivity contribution in [3.05, 3.63) is 0 Å². The van der Waals surface area contributed by atoms with Crippen LogP contribution in [0.5, 0.6) is 0 Å². The molecule has 0 fully saturated rings. The van der Waals surface area contributed by atoms with Gasteiger partial charge in [-0.1, -0.05) is 129 Å². The minimum absolute atomic E-state index is 0.135. The van der Waals surface area contributed by atoms with Crippen LogP contribution >= 0.6 is 0 Å². The number of rotatable bonds is 25. The third kappa shape index (κ3) is 14.6. The summed E-state index contributed by atoms with van der Waals surface area (Å²) >= 11 is 0. The zero-order valence-electron chi connectivity index (χ0n) is 21.6. The second kappa shape index (κ2) is 22.3. The van der Waals surface area contributed by atoms with E-state index in [0.717, 1.165) is 38.5 Å². The molecule has 0 spiro atoms. The van der Waals surface area contributed by atoms with Gasteiger partial charge in [-0.25, -0.2) is 0 Å². The summed E-state index contributed by atoms with van der Waals surface area (Å²) in [5.74, 6) is -0.292. The van der Waals surface area contributed by atoms with Crippen LogP contribution in [-0.4, -0.2) is 40.9 Å². The minimum Gasteiger partial charge on any atom is -0.395 e. The summed E-state index contributed by atoms with van der Waals surface area (Å²) in [4.78, 5) is 13.1. The van der Waals surface area contributed by atoms with E-state index >= 15 is 0 Å². The van der Waals surface area contributed by atoms with E-state index in [0.29, 0.717) is 0 Å². The lowest BCUT2D eigenvalue weighted by Gasteiger charge is -2.30. The van der Waals surface area contributed by atoms with Crippen LogP contribution in [0.3, 0.4) is 0 Å². The van der Waals surface area contributed by atoms with Crippen molar-refractivity contribution in [1.29, 1.82) is 0 Å². The number of carbonyl (C=O) groups excluding carboxylic acids is 1. The highest BCUT2D eigenvalue weighted by atomic mass is 16.3. The number of ketones is 1. The summed E-state index contributed by atoms with van der Waals surface area (Å²) < 4.78 is 0. The van der Waals surface area contributed by atoms with E-state index in [4.69, 9.17) is 0 Å². The Labute approximate surface area is 199 Å². The van der Waals surface area contributed by atoms with Crippen molar-refractivity contribution in [2.75, 3.05) is 19.8 Å². The molecule has 0 aliphatic heterocycles. The largest absolute Gasteiger partial charge is 0.395 e. The molecule has 0 aliphatic carbocycles. The normalized spacial score (nSPS) is 12.9. The third-order valence-corrected chi connectivity index (χ3v) is 7.11. The van der Waals surface area contributed by atoms with E-state index in [1.165, 1.54) is 89.9 Å². The number of aliphatic hydroxyl groups is 3. The molecule has 1 unspecified atom stereocenters. The van der Waals surface area contributed by atoms with Gasteiger partial charge in [0.15, 0.2) is 0 Å². The highest BCUT2D eigenvalue weighted by Gasteiger charge is 2.40. The molecule has 192 valence electrons. The van der Waals surface area contributed by atoms with Crippen LogP contribution in [0.25, 0.3) is 0 Å². The van der Waals surface area contributed by atoms with Crippen molar-refractivity contribution in [2.24, 2.45) is 11.3 Å². The van der Waals surface area contributed by atoms with Crippen LogP contribution in [0.15, 0.2) is 0 Å². The van der Waals surface area contributed by atoms with Crippen molar-refractivity contribution in [3.63, 3.8) is 0 Å². The molecule has 0 heterocycles. The van der Waals surface area contributed by atoms with E-state index in [1.54, 1.807) is 0 Å². The molecule has 4 heteroatoms. The summed E-state index contributed by atoms with van der Waals surface area (Å²) in [6, 6.07) is 0. The topological polar surface area (TPSA) is 77.8 Å². The van der Waals surface area contributed by atoms with Crippen molar-refractivity contribution < 1.29 is 20.1 Å². The molecule has 0 aromatic carbocycles. The third-order valence-electron chi connectivity index (χ3n) is 7.11. The molecule has 0 amide bonds. The molecular formula is C28H56O4. The van der Waals surface area contributed by atoms with Crippen LogP contribution in [0.1, 0.15) is 142 Å². The zero-order valence-corrected chi connectivity index (χ0v) is 21.6. The van der Waals surface area contributed by atoms with Gasteiger partial charge in [-0.15, -0.1) is 0 Å². The molecule has 0 aromatic heterocycles. The van der Waals surface area contributed by atoms with Gasteiger partial charge in [-0.05, 0) is 12.8 Å². The average Bonchev–Trinajstić information content (AvgIpc) is 2.82. The first-order valence-corrected chi connectivity index (χ1v) is 14.0. The molecule has 32 heavy (non-hydrogen) atoms. The summed E-state index contributed by atoms with van der Waals surface area (Å²) in [7, 11) is 0. The number of hydrogen-bond donors (Lipinski definition) is 3. The molecule has 4 nitrogen and oxygen atoms in total. The fourth-order valence-electron chi connectivity index (χ4n) is 4.63. The second-order valence-electron chi connectivity index (χ2n) is 10.1. The second-order valence-corrected chi connectivity index (χ2v) is 10.1. The summed E-state index contributed by atoms with van der Waals surface area (Å²) in [6.45, 7) is 3.04. The Morgan fingerprint density at radius 2 is 0.812 bits per heavy atom. The maximum atomic E-state index is 13.1. The summed E-state index contributed by atoms with van der Waals surface area (Å²) in [5, 5.41) is 29.1. The van der Waals surface area contributed by atoms with Gasteiger partial charge in [-0.3, -0.25) is 4.79 Å². The van der Waals surface area contributed by atoms with Crippen LogP contribution in [0.4, 0.5) is 0 Å². The molecule has 0 aliphatic rings. The highest BCUT2D eigenvalue weighted by Crippen LogP contribution is 2.29. The highest BCUT2D eigenvalue weighted by molar-refractivity contribution is 5.87. The van der Waals surface area contributed by atoms with Crippen LogP contribution in [0, 0.1) is 11.3 Å². The lowest BCUT2D eigenvalue weighted by molar-refractivity contribution is -0.142. The van der Waals surface area contributed by atoms with Crippen molar-refractivity contribution >= 4 is 5.78 Å². The number of hydrogen-bond acceptors (Lipinski definition) is 4. The number of carbonyl (C=O) groups is 1. The van der Waals surface area contributed by atoms with Gasteiger partial charge in [-0.2, -0.15) is 0 Å². The summed E-state index contributed by atoms with van der Waals surface area (Å²) in [5.41, 5.74) is -1.39. The van der Waals surface area contributed by atoms with Gasteiger partial charge in [0.1, 0.15) is 5.78 Å². The molecule has 0 saturated heterocycles. The smallest absolute Gasteiger partial charge is 0.149 e. The van der Waals surface area contributed by atoms with Gasteiger partial charge < -0.3 is 15.3 Å². The van der Waals surface area contributed by atoms with Gasteiger partial charge in [0.2, 0.25) is 0 Å². The summed E-state index contributed by atoms with van der Waals surface area (Å²) in [6.07, 6.45) is 24.1. The van der Waals surface area contributed by atoms with Gasteiger partial charge in [0.05, 0.1) is 25.2 Å². The number of aliphatic hydroxyl groups excluding tert-OH is 3. The van der Waals surface area contributed by atoms with Crippen molar-refractivity contribution in [2.45, 2.75) is 142 Å². The maximum Gasteiger partial charge on any atom is 0.149 e. The molecule has 1 atom stereocenters. The predicted octanol–water partition coefficient (Wildman–Crippen LogP) is 6.98. The molecule has 0 rings (SSSR count). The molecule has 3 N–H and O–H groups in total. The zero-order chi connectivity index (χ0) is 23.9. The molecular weight excluding hydrogens is 400 g/mol. The van der Waals surface area contributed by atoms with Gasteiger partial charge in [0, 0.05) is 5.92 Å².